The van der Waals surface area contributed by atoms with Crippen molar-refractivity contribution in [1.29, 1.82) is 0 Å². The van der Waals surface area contributed by atoms with Crippen molar-refractivity contribution >= 4 is 34.1 Å². The van der Waals surface area contributed by atoms with Crippen LogP contribution in [0.4, 0.5) is 14.0 Å². The quantitative estimate of drug-likeness (QED) is 0.286. The van der Waals surface area contributed by atoms with Gasteiger partial charge in [-0.15, -0.1) is 4.48 Å². The number of benzene rings is 2. The number of carbonyl (C=O) groups excluding carboxylic acids is 3. The molecule has 2 atom stereocenters. The Balaban J connectivity index is 2.49. The molecule has 0 spiro atoms. The number of imide groups is 1. The summed E-state index contributed by atoms with van der Waals surface area (Å²) in [5, 5.41) is 0. The van der Waals surface area contributed by atoms with Crippen molar-refractivity contribution in [2.75, 3.05) is 14.2 Å². The van der Waals surface area contributed by atoms with Crippen LogP contribution in [0, 0.1) is 5.82 Å². The Bertz CT molecular complexity index is 1010. The normalized spacial score (nSPS) is 14.0. The van der Waals surface area contributed by atoms with E-state index >= 15 is 0 Å². The van der Waals surface area contributed by atoms with Gasteiger partial charge >= 0.3 is 18.2 Å². The summed E-state index contributed by atoms with van der Waals surface area (Å²) in [7, 11) is 2.33. The molecule has 2 aromatic carbocycles. The van der Waals surface area contributed by atoms with Crippen LogP contribution in [-0.2, 0) is 32.0 Å². The van der Waals surface area contributed by atoms with Crippen molar-refractivity contribution in [3.05, 3.63) is 69.9 Å². The molecule has 0 saturated heterocycles. The lowest BCUT2D eigenvalue weighted by atomic mass is 10.0. The summed E-state index contributed by atoms with van der Waals surface area (Å²) in [4.78, 5) is 39.4. The first-order chi connectivity index (χ1) is 15.4. The molecule has 2 rings (SSSR count). The SMILES string of the molecule is COC(=O)[C@H](Cc1cc(Br)ccc1F)[N+](C)(C(=O)OCc1ccccc1)C(=O)OC(C)(C)C. The van der Waals surface area contributed by atoms with Gasteiger partial charge in [0, 0.05) is 10.9 Å². The zero-order valence-corrected chi connectivity index (χ0v) is 20.8. The molecular weight excluding hydrogens is 497 g/mol. The molecule has 0 aliphatic heterocycles. The summed E-state index contributed by atoms with van der Waals surface area (Å²) in [6, 6.07) is 11.6. The van der Waals surface area contributed by atoms with Gasteiger partial charge in [0.1, 0.15) is 18.0 Å². The first-order valence-electron chi connectivity index (χ1n) is 10.2. The molecule has 0 fully saturated rings. The first kappa shape index (κ1) is 26.5. The number of nitrogens with zero attached hydrogens (tertiary/aromatic N) is 1. The number of hydrogen-bond acceptors (Lipinski definition) is 6. The van der Waals surface area contributed by atoms with Gasteiger partial charge in [-0.1, -0.05) is 46.3 Å². The second kappa shape index (κ2) is 10.9. The summed E-state index contributed by atoms with van der Waals surface area (Å²) in [6.07, 6.45) is -2.36. The Morgan fingerprint density at radius 2 is 1.70 bits per heavy atom. The number of amides is 2. The first-order valence-corrected chi connectivity index (χ1v) is 11.0. The van der Waals surface area contributed by atoms with E-state index in [0.29, 0.717) is 10.0 Å². The molecule has 0 heterocycles. The monoisotopic (exact) mass is 524 g/mol. The second-order valence-corrected chi connectivity index (χ2v) is 9.49. The molecule has 0 aromatic heterocycles. The predicted octanol–water partition coefficient (Wildman–Crippen LogP) is 5.39. The molecule has 9 heteroatoms. The third-order valence-electron chi connectivity index (χ3n) is 4.87. The minimum absolute atomic E-state index is 0.114. The fourth-order valence-corrected chi connectivity index (χ4v) is 3.47. The van der Waals surface area contributed by atoms with E-state index in [0.717, 1.165) is 7.11 Å². The summed E-state index contributed by atoms with van der Waals surface area (Å²) in [6.45, 7) is 4.76. The van der Waals surface area contributed by atoms with Crippen molar-refractivity contribution < 1.29 is 37.5 Å². The average Bonchev–Trinajstić information content (AvgIpc) is 2.76. The highest BCUT2D eigenvalue weighted by Crippen LogP contribution is 2.26. The average molecular weight is 525 g/mol. The number of rotatable bonds is 6. The minimum Gasteiger partial charge on any atom is -0.465 e. The second-order valence-electron chi connectivity index (χ2n) is 8.57. The van der Waals surface area contributed by atoms with E-state index < -0.39 is 40.1 Å². The zero-order valence-electron chi connectivity index (χ0n) is 19.3. The lowest BCUT2D eigenvalue weighted by Crippen LogP contribution is -2.64. The molecule has 33 heavy (non-hydrogen) atoms. The minimum atomic E-state index is -1.46. The Kier molecular flexibility index (Phi) is 8.74. The summed E-state index contributed by atoms with van der Waals surface area (Å²) < 4.78 is 29.6. The fraction of sp³-hybridized carbons (Fsp3) is 0.375. The van der Waals surface area contributed by atoms with Crippen molar-refractivity contribution in [2.24, 2.45) is 0 Å². The largest absolute Gasteiger partial charge is 0.527 e. The molecule has 1 unspecified atom stereocenters. The highest BCUT2D eigenvalue weighted by molar-refractivity contribution is 9.10. The maximum atomic E-state index is 14.5. The van der Waals surface area contributed by atoms with Crippen molar-refractivity contribution in [3.8, 4) is 0 Å². The lowest BCUT2D eigenvalue weighted by molar-refractivity contribution is -0.784. The van der Waals surface area contributed by atoms with Gasteiger partial charge in [-0.3, -0.25) is 0 Å². The number of likely N-dealkylation sites (N-methyl/N-ethyl adjacent to an activating group) is 1. The Labute approximate surface area is 201 Å². The molecule has 2 aromatic rings. The smallest absolute Gasteiger partial charge is 0.465 e. The van der Waals surface area contributed by atoms with Crippen LogP contribution in [0.25, 0.3) is 0 Å². The molecule has 0 bridgehead atoms. The molecule has 178 valence electrons. The van der Waals surface area contributed by atoms with Crippen LogP contribution in [0.5, 0.6) is 0 Å². The van der Waals surface area contributed by atoms with Crippen LogP contribution < -0.4 is 0 Å². The number of carbonyl (C=O) groups is 3. The molecule has 0 radical (unpaired) electrons. The highest BCUT2D eigenvalue weighted by atomic mass is 79.9. The maximum absolute atomic E-state index is 14.5. The fourth-order valence-electron chi connectivity index (χ4n) is 3.06. The van der Waals surface area contributed by atoms with Crippen LogP contribution >= 0.6 is 15.9 Å². The standard InChI is InChI=1S/C24H28BrFNO6/c1-24(2,3)33-23(30)27(4,22(29)32-15-16-9-7-6-8-10-16)20(21(28)31-5)14-17-13-18(25)11-12-19(17)26/h6-13,20H,14-15H2,1-5H3/q+1/t20-,27?/m0/s1. The molecule has 2 amide bonds. The Morgan fingerprint density at radius 3 is 2.27 bits per heavy atom. The maximum Gasteiger partial charge on any atom is 0.527 e. The number of quaternary nitrogens is 1. The zero-order chi connectivity index (χ0) is 24.8. The van der Waals surface area contributed by atoms with E-state index in [4.69, 9.17) is 14.2 Å². The summed E-state index contributed by atoms with van der Waals surface area (Å²) in [5.74, 6) is -1.49. The van der Waals surface area contributed by atoms with E-state index in [1.165, 1.54) is 25.2 Å². The number of esters is 1. The van der Waals surface area contributed by atoms with Crippen molar-refractivity contribution in [1.82, 2.24) is 0 Å². The number of methoxy groups -OCH3 is 1. The topological polar surface area (TPSA) is 78.9 Å². The van der Waals surface area contributed by atoms with Gasteiger partial charge in [-0.2, -0.15) is 9.59 Å². The van der Waals surface area contributed by atoms with Crippen molar-refractivity contribution in [3.63, 3.8) is 0 Å². The van der Waals surface area contributed by atoms with E-state index in [9.17, 15) is 18.8 Å². The van der Waals surface area contributed by atoms with Crippen LogP contribution in [0.2, 0.25) is 0 Å². The van der Waals surface area contributed by atoms with Gasteiger partial charge in [0.2, 0.25) is 6.04 Å². The number of hydrogen-bond donors (Lipinski definition) is 0. The summed E-state index contributed by atoms with van der Waals surface area (Å²) >= 11 is 3.27. The van der Waals surface area contributed by atoms with Gasteiger partial charge in [0.05, 0.1) is 14.2 Å². The van der Waals surface area contributed by atoms with E-state index in [-0.39, 0.29) is 18.6 Å². The highest BCUT2D eigenvalue weighted by Gasteiger charge is 2.56. The molecule has 0 aliphatic carbocycles. The van der Waals surface area contributed by atoms with E-state index in [1.54, 1.807) is 45.0 Å². The molecular formula is C24H28BrFNO6+. The third kappa shape index (κ3) is 6.85. The molecule has 0 saturated carbocycles. The van der Waals surface area contributed by atoms with Gasteiger partial charge < -0.3 is 14.2 Å². The molecule has 0 aliphatic rings. The predicted molar refractivity (Wildman–Crippen MR) is 123 cm³/mol. The van der Waals surface area contributed by atoms with E-state index in [1.807, 2.05) is 6.07 Å². The third-order valence-corrected chi connectivity index (χ3v) is 5.37. The Hall–Kier alpha value is -2.78. The van der Waals surface area contributed by atoms with E-state index in [2.05, 4.69) is 15.9 Å². The Morgan fingerprint density at radius 1 is 1.06 bits per heavy atom. The molecule has 0 N–H and O–H groups in total. The van der Waals surface area contributed by atoms with Crippen LogP contribution in [0.1, 0.15) is 31.9 Å². The van der Waals surface area contributed by atoms with Gasteiger partial charge in [0.15, 0.2) is 0 Å². The van der Waals surface area contributed by atoms with Crippen LogP contribution in [0.3, 0.4) is 0 Å². The van der Waals surface area contributed by atoms with Crippen LogP contribution in [-0.4, -0.2) is 48.4 Å². The lowest BCUT2D eigenvalue weighted by Gasteiger charge is -2.34. The number of ether oxygens (including phenoxy) is 3. The molecule has 7 nitrogen and oxygen atoms in total. The van der Waals surface area contributed by atoms with Gasteiger partial charge in [-0.25, -0.2) is 9.18 Å². The summed E-state index contributed by atoms with van der Waals surface area (Å²) in [5.41, 5.74) is -0.157. The van der Waals surface area contributed by atoms with Gasteiger partial charge in [-0.05, 0) is 50.1 Å². The number of halogens is 2. The van der Waals surface area contributed by atoms with Crippen LogP contribution in [0.15, 0.2) is 53.0 Å². The van der Waals surface area contributed by atoms with Crippen molar-refractivity contribution in [2.45, 2.75) is 45.4 Å². The van der Waals surface area contributed by atoms with Gasteiger partial charge in [0.25, 0.3) is 0 Å².